The van der Waals surface area contributed by atoms with Crippen molar-refractivity contribution in [2.45, 2.75) is 19.8 Å². The van der Waals surface area contributed by atoms with E-state index in [2.05, 4.69) is 5.32 Å². The molecule has 0 spiro atoms. The summed E-state index contributed by atoms with van der Waals surface area (Å²) >= 11 is 7.57. The lowest BCUT2D eigenvalue weighted by atomic mass is 9.96. The number of hydrogen-bond donors (Lipinski definition) is 1. The minimum Gasteiger partial charge on any atom is -0.339 e. The summed E-state index contributed by atoms with van der Waals surface area (Å²) in [6, 6.07) is 8.93. The number of urea groups is 1. The van der Waals surface area contributed by atoms with Crippen LogP contribution < -0.4 is 5.32 Å². The summed E-state index contributed by atoms with van der Waals surface area (Å²) < 4.78 is 0. The van der Waals surface area contributed by atoms with E-state index in [1.807, 2.05) is 41.5 Å². The smallest absolute Gasteiger partial charge is 0.321 e. The zero-order valence-corrected chi connectivity index (χ0v) is 19.6. The third-order valence-electron chi connectivity index (χ3n) is 6.09. The fraction of sp³-hybridized carbons (Fsp3) is 0.435. The summed E-state index contributed by atoms with van der Waals surface area (Å²) in [5, 5.41) is 5.37. The van der Waals surface area contributed by atoms with Gasteiger partial charge >= 0.3 is 6.03 Å². The molecule has 4 rings (SSSR count). The number of halogens is 1. The number of benzene rings is 1. The second kappa shape index (κ2) is 9.92. The van der Waals surface area contributed by atoms with E-state index in [-0.39, 0.29) is 23.8 Å². The lowest BCUT2D eigenvalue weighted by molar-refractivity contribution is -0.138. The van der Waals surface area contributed by atoms with E-state index in [4.69, 9.17) is 11.6 Å². The number of piperazine rings is 1. The van der Waals surface area contributed by atoms with Crippen molar-refractivity contribution in [2.75, 3.05) is 44.6 Å². The topological polar surface area (TPSA) is 73.0 Å². The van der Waals surface area contributed by atoms with Gasteiger partial charge in [-0.2, -0.15) is 0 Å². The number of piperidine rings is 1. The molecule has 2 aromatic rings. The van der Waals surface area contributed by atoms with Crippen LogP contribution in [0.2, 0.25) is 5.02 Å². The van der Waals surface area contributed by atoms with Gasteiger partial charge in [-0.25, -0.2) is 4.79 Å². The Hall–Kier alpha value is -2.58. The van der Waals surface area contributed by atoms with Crippen LogP contribution in [-0.2, 0) is 4.79 Å². The summed E-state index contributed by atoms with van der Waals surface area (Å²) in [7, 11) is 0. The summed E-state index contributed by atoms with van der Waals surface area (Å²) in [6.45, 7) is 5.01. The molecule has 1 atom stereocenters. The predicted octanol–water partition coefficient (Wildman–Crippen LogP) is 3.94. The van der Waals surface area contributed by atoms with E-state index in [0.29, 0.717) is 54.9 Å². The van der Waals surface area contributed by atoms with Crippen LogP contribution in [0.3, 0.4) is 0 Å². The first kappa shape index (κ1) is 22.6. The van der Waals surface area contributed by atoms with E-state index in [1.54, 1.807) is 15.9 Å². The highest BCUT2D eigenvalue weighted by atomic mass is 35.5. The Bertz CT molecular complexity index is 989. The van der Waals surface area contributed by atoms with E-state index in [0.717, 1.165) is 18.4 Å². The van der Waals surface area contributed by atoms with Gasteiger partial charge in [-0.3, -0.25) is 9.59 Å². The summed E-state index contributed by atoms with van der Waals surface area (Å²) in [5.74, 6) is -0.0861. The Morgan fingerprint density at radius 2 is 1.78 bits per heavy atom. The quantitative estimate of drug-likeness (QED) is 0.732. The number of nitrogens with one attached hydrogen (secondary N) is 1. The van der Waals surface area contributed by atoms with Crippen LogP contribution in [0.4, 0.5) is 10.5 Å². The molecule has 2 aliphatic rings. The summed E-state index contributed by atoms with van der Waals surface area (Å²) in [4.78, 5) is 44.4. The molecule has 3 heterocycles. The van der Waals surface area contributed by atoms with Crippen molar-refractivity contribution in [2.24, 2.45) is 5.92 Å². The summed E-state index contributed by atoms with van der Waals surface area (Å²) in [6.07, 6.45) is 1.62. The number of thiophene rings is 1. The normalized spacial score (nSPS) is 19.1. The number of carbonyl (C=O) groups excluding carboxylic acids is 3. The molecule has 7 nitrogen and oxygen atoms in total. The molecule has 1 aromatic carbocycles. The number of hydrogen-bond acceptors (Lipinski definition) is 4. The number of amides is 4. The number of carbonyl (C=O) groups is 3. The summed E-state index contributed by atoms with van der Waals surface area (Å²) in [5.41, 5.74) is 1.61. The highest BCUT2D eigenvalue weighted by Crippen LogP contribution is 2.23. The van der Waals surface area contributed by atoms with E-state index >= 15 is 0 Å². The first-order valence-corrected chi connectivity index (χ1v) is 12.1. The zero-order valence-electron chi connectivity index (χ0n) is 18.1. The number of nitrogens with zero attached hydrogens (tertiary/aromatic N) is 3. The van der Waals surface area contributed by atoms with Crippen molar-refractivity contribution in [3.8, 4) is 0 Å². The second-order valence-corrected chi connectivity index (χ2v) is 9.63. The Morgan fingerprint density at radius 1 is 1.03 bits per heavy atom. The Morgan fingerprint density at radius 3 is 2.47 bits per heavy atom. The minimum atomic E-state index is -0.192. The molecule has 4 amide bonds. The SMILES string of the molecule is Cc1ccc(NC(=O)N2CCN(C(=O)C3CCCN(C(=O)c4cccs4)C3)CC2)cc1Cl. The van der Waals surface area contributed by atoms with E-state index in [1.165, 1.54) is 11.3 Å². The zero-order chi connectivity index (χ0) is 22.7. The van der Waals surface area contributed by atoms with Crippen LogP contribution in [0.15, 0.2) is 35.7 Å². The molecule has 170 valence electrons. The van der Waals surface area contributed by atoms with Gasteiger partial charge < -0.3 is 20.0 Å². The lowest BCUT2D eigenvalue weighted by Gasteiger charge is -2.39. The molecule has 2 fully saturated rings. The Labute approximate surface area is 196 Å². The second-order valence-electron chi connectivity index (χ2n) is 8.27. The minimum absolute atomic E-state index is 0.00944. The molecule has 0 saturated carbocycles. The highest BCUT2D eigenvalue weighted by molar-refractivity contribution is 7.12. The van der Waals surface area contributed by atoms with Crippen LogP contribution in [0, 0.1) is 12.8 Å². The average Bonchev–Trinajstić information content (AvgIpc) is 3.36. The van der Waals surface area contributed by atoms with Gasteiger partial charge in [0.05, 0.1) is 10.8 Å². The molecular formula is C23H27ClN4O3S. The molecule has 1 aromatic heterocycles. The van der Waals surface area contributed by atoms with Gasteiger partial charge in [-0.05, 0) is 48.9 Å². The molecule has 32 heavy (non-hydrogen) atoms. The molecule has 0 radical (unpaired) electrons. The van der Waals surface area contributed by atoms with Crippen molar-refractivity contribution in [1.29, 1.82) is 0 Å². The van der Waals surface area contributed by atoms with Crippen LogP contribution >= 0.6 is 22.9 Å². The molecule has 0 bridgehead atoms. The third kappa shape index (κ3) is 5.07. The maximum atomic E-state index is 13.1. The fourth-order valence-corrected chi connectivity index (χ4v) is 5.05. The highest BCUT2D eigenvalue weighted by Gasteiger charge is 2.33. The first-order valence-electron chi connectivity index (χ1n) is 10.9. The third-order valence-corrected chi connectivity index (χ3v) is 7.36. The molecule has 1 unspecified atom stereocenters. The maximum Gasteiger partial charge on any atom is 0.321 e. The number of likely N-dealkylation sites (tertiary alicyclic amines) is 1. The number of anilines is 1. The largest absolute Gasteiger partial charge is 0.339 e. The van der Waals surface area contributed by atoms with Gasteiger partial charge in [-0.15, -0.1) is 11.3 Å². The molecule has 2 aliphatic heterocycles. The van der Waals surface area contributed by atoms with Gasteiger partial charge in [0.25, 0.3) is 5.91 Å². The first-order chi connectivity index (χ1) is 15.4. The molecule has 2 saturated heterocycles. The van der Waals surface area contributed by atoms with Crippen molar-refractivity contribution in [3.05, 3.63) is 51.2 Å². The Balaban J connectivity index is 1.28. The fourth-order valence-electron chi connectivity index (χ4n) is 4.18. The van der Waals surface area contributed by atoms with E-state index < -0.39 is 0 Å². The lowest BCUT2D eigenvalue weighted by Crippen LogP contribution is -2.54. The van der Waals surface area contributed by atoms with Crippen molar-refractivity contribution in [1.82, 2.24) is 14.7 Å². The van der Waals surface area contributed by atoms with Crippen LogP contribution in [0.5, 0.6) is 0 Å². The maximum absolute atomic E-state index is 13.1. The average molecular weight is 475 g/mol. The van der Waals surface area contributed by atoms with Gasteiger partial charge in [-0.1, -0.05) is 23.7 Å². The van der Waals surface area contributed by atoms with Crippen LogP contribution in [0.25, 0.3) is 0 Å². The standard InChI is InChI=1S/C23H27ClN4O3S/c1-16-6-7-18(14-19(16)24)25-23(31)27-11-9-26(10-12-27)21(29)17-4-2-8-28(15-17)22(30)20-5-3-13-32-20/h3,5-7,13-14,17H,2,4,8-12,15H2,1H3,(H,25,31). The van der Waals surface area contributed by atoms with Gasteiger partial charge in [0.2, 0.25) is 5.91 Å². The Kier molecular flexibility index (Phi) is 7.01. The van der Waals surface area contributed by atoms with Crippen molar-refractivity contribution in [3.63, 3.8) is 0 Å². The number of aryl methyl sites for hydroxylation is 1. The molecule has 0 aliphatic carbocycles. The van der Waals surface area contributed by atoms with Gasteiger partial charge in [0.1, 0.15) is 0 Å². The van der Waals surface area contributed by atoms with E-state index in [9.17, 15) is 14.4 Å². The molecule has 9 heteroatoms. The van der Waals surface area contributed by atoms with Gasteiger partial charge in [0, 0.05) is 50.0 Å². The van der Waals surface area contributed by atoms with Crippen LogP contribution in [0.1, 0.15) is 28.1 Å². The van der Waals surface area contributed by atoms with Gasteiger partial charge in [0.15, 0.2) is 0 Å². The molecule has 1 N–H and O–H groups in total. The monoisotopic (exact) mass is 474 g/mol. The predicted molar refractivity (Wildman–Crippen MR) is 126 cm³/mol. The van der Waals surface area contributed by atoms with Crippen molar-refractivity contribution < 1.29 is 14.4 Å². The number of rotatable bonds is 3. The van der Waals surface area contributed by atoms with Crippen molar-refractivity contribution >= 4 is 46.5 Å². The molecular weight excluding hydrogens is 448 g/mol. The van der Waals surface area contributed by atoms with Crippen LogP contribution in [-0.4, -0.2) is 71.8 Å².